The van der Waals surface area contributed by atoms with Crippen LogP contribution < -0.4 is 0 Å². The van der Waals surface area contributed by atoms with Crippen LogP contribution in [0.15, 0.2) is 133 Å². The molecule has 9 rings (SSSR count). The molecule has 5 heteroatoms. The van der Waals surface area contributed by atoms with Gasteiger partial charge in [-0.1, -0.05) is 111 Å². The number of aromatic nitrogens is 3. The van der Waals surface area contributed by atoms with Crippen molar-refractivity contribution in [1.29, 1.82) is 5.26 Å². The fraction of sp³-hybridized carbons (Fsp3) is 0.0698. The number of nitrogens with zero attached hydrogens (tertiary/aromatic N) is 4. The highest BCUT2D eigenvalue weighted by Crippen LogP contribution is 2.51. The maximum Gasteiger partial charge on any atom is 0.164 e. The Labute approximate surface area is 282 Å². The molecule has 0 spiro atoms. The van der Waals surface area contributed by atoms with Gasteiger partial charge in [0.1, 0.15) is 0 Å². The molecule has 1 aliphatic carbocycles. The Bertz CT molecular complexity index is 2590. The highest BCUT2D eigenvalue weighted by Gasteiger charge is 2.37. The predicted octanol–water partition coefficient (Wildman–Crippen LogP) is 11.1. The average molecular weight is 633 g/mol. The minimum absolute atomic E-state index is 0.139. The van der Waals surface area contributed by atoms with E-state index in [1.807, 2.05) is 23.5 Å². The molecule has 0 radical (unpaired) electrons. The summed E-state index contributed by atoms with van der Waals surface area (Å²) in [5.41, 5.74) is 10.5. The second kappa shape index (κ2) is 10.8. The van der Waals surface area contributed by atoms with E-state index in [2.05, 4.69) is 129 Å². The molecule has 4 nitrogen and oxygen atoms in total. The lowest BCUT2D eigenvalue weighted by molar-refractivity contribution is 0.660. The van der Waals surface area contributed by atoms with Crippen molar-refractivity contribution in [2.75, 3.05) is 0 Å². The van der Waals surface area contributed by atoms with Crippen LogP contribution in [-0.2, 0) is 5.41 Å². The second-order valence-electron chi connectivity index (χ2n) is 12.7. The molecule has 0 unspecified atom stereocenters. The molecule has 0 saturated heterocycles. The van der Waals surface area contributed by atoms with Gasteiger partial charge in [0.2, 0.25) is 0 Å². The van der Waals surface area contributed by atoms with Gasteiger partial charge in [0, 0.05) is 42.3 Å². The number of thiophene rings is 1. The van der Waals surface area contributed by atoms with Crippen LogP contribution in [0.5, 0.6) is 0 Å². The average Bonchev–Trinajstić information content (AvgIpc) is 3.64. The zero-order valence-electron chi connectivity index (χ0n) is 26.4. The highest BCUT2D eigenvalue weighted by atomic mass is 32.1. The number of nitriles is 1. The van der Waals surface area contributed by atoms with E-state index >= 15 is 0 Å². The number of hydrogen-bond acceptors (Lipinski definition) is 5. The molecule has 226 valence electrons. The predicted molar refractivity (Wildman–Crippen MR) is 197 cm³/mol. The van der Waals surface area contributed by atoms with Crippen LogP contribution in [0.1, 0.15) is 30.5 Å². The summed E-state index contributed by atoms with van der Waals surface area (Å²) in [6, 6.07) is 48.4. The normalized spacial score (nSPS) is 12.9. The molecule has 0 N–H and O–H groups in total. The minimum atomic E-state index is -0.139. The van der Waals surface area contributed by atoms with Gasteiger partial charge in [-0.15, -0.1) is 11.3 Å². The van der Waals surface area contributed by atoms with Crippen molar-refractivity contribution in [3.05, 3.63) is 150 Å². The Morgan fingerprint density at radius 1 is 0.521 bits per heavy atom. The van der Waals surface area contributed by atoms with E-state index < -0.39 is 0 Å². The van der Waals surface area contributed by atoms with Crippen LogP contribution >= 0.6 is 11.3 Å². The third-order valence-corrected chi connectivity index (χ3v) is 10.7. The largest absolute Gasteiger partial charge is 0.208 e. The Morgan fingerprint density at radius 2 is 1.08 bits per heavy atom. The fourth-order valence-electron chi connectivity index (χ4n) is 7.20. The van der Waals surface area contributed by atoms with Crippen LogP contribution in [0.2, 0.25) is 0 Å². The summed E-state index contributed by atoms with van der Waals surface area (Å²) in [5.74, 6) is 1.80. The molecule has 48 heavy (non-hydrogen) atoms. The van der Waals surface area contributed by atoms with Gasteiger partial charge in [-0.3, -0.25) is 0 Å². The fourth-order valence-corrected chi connectivity index (χ4v) is 8.34. The maximum atomic E-state index is 9.41. The van der Waals surface area contributed by atoms with Gasteiger partial charge in [0.25, 0.3) is 0 Å². The summed E-state index contributed by atoms with van der Waals surface area (Å²) in [6.45, 7) is 4.56. The molecule has 2 heterocycles. The van der Waals surface area contributed by atoms with Gasteiger partial charge in [-0.05, 0) is 69.8 Å². The van der Waals surface area contributed by atoms with Crippen LogP contribution in [-0.4, -0.2) is 15.0 Å². The summed E-state index contributed by atoms with van der Waals surface area (Å²) in [5, 5.41) is 12.0. The zero-order valence-corrected chi connectivity index (χ0v) is 27.2. The van der Waals surface area contributed by atoms with Crippen LogP contribution in [0.4, 0.5) is 0 Å². The molecular formula is C43H28N4S. The molecule has 1 aliphatic rings. The first-order valence-electron chi connectivity index (χ1n) is 16.0. The molecule has 0 fully saturated rings. The monoisotopic (exact) mass is 632 g/mol. The van der Waals surface area contributed by atoms with E-state index in [1.54, 1.807) is 12.1 Å². The summed E-state index contributed by atoms with van der Waals surface area (Å²) in [6.07, 6.45) is 0. The van der Waals surface area contributed by atoms with Crippen LogP contribution in [0.25, 0.3) is 76.6 Å². The van der Waals surface area contributed by atoms with Crippen molar-refractivity contribution in [3.8, 4) is 62.5 Å². The Morgan fingerprint density at radius 3 is 1.85 bits per heavy atom. The van der Waals surface area contributed by atoms with E-state index in [9.17, 15) is 5.26 Å². The molecule has 0 amide bonds. The van der Waals surface area contributed by atoms with Gasteiger partial charge in [0.15, 0.2) is 17.5 Å². The zero-order chi connectivity index (χ0) is 32.4. The SMILES string of the molecule is CC1(C)c2ccccc2-c2c(-c3nc(-c4ccc(C#N)cc4)nc(-c4ccc(-c5cccc6sc7ccccc7c56)cc4)n3)cccc21. The maximum absolute atomic E-state index is 9.41. The number of hydrogen-bond donors (Lipinski definition) is 0. The topological polar surface area (TPSA) is 62.5 Å². The summed E-state index contributed by atoms with van der Waals surface area (Å²) >= 11 is 1.83. The van der Waals surface area contributed by atoms with E-state index in [0.717, 1.165) is 22.3 Å². The number of rotatable bonds is 4. The Balaban J connectivity index is 1.21. The van der Waals surface area contributed by atoms with Gasteiger partial charge >= 0.3 is 0 Å². The van der Waals surface area contributed by atoms with Crippen molar-refractivity contribution in [2.24, 2.45) is 0 Å². The molecule has 6 aromatic carbocycles. The summed E-state index contributed by atoms with van der Waals surface area (Å²) in [7, 11) is 0. The molecule has 0 aliphatic heterocycles. The van der Waals surface area contributed by atoms with Crippen molar-refractivity contribution >= 4 is 31.5 Å². The lowest BCUT2D eigenvalue weighted by atomic mass is 9.82. The number of benzene rings is 6. The van der Waals surface area contributed by atoms with E-state index in [0.29, 0.717) is 23.0 Å². The molecule has 0 atom stereocenters. The van der Waals surface area contributed by atoms with E-state index in [-0.39, 0.29) is 5.41 Å². The van der Waals surface area contributed by atoms with Gasteiger partial charge in [-0.2, -0.15) is 5.26 Å². The number of fused-ring (bicyclic) bond motifs is 6. The minimum Gasteiger partial charge on any atom is -0.208 e. The summed E-state index contributed by atoms with van der Waals surface area (Å²) < 4.78 is 2.58. The van der Waals surface area contributed by atoms with Crippen molar-refractivity contribution < 1.29 is 0 Å². The quantitative estimate of drug-likeness (QED) is 0.194. The van der Waals surface area contributed by atoms with Crippen LogP contribution in [0, 0.1) is 11.3 Å². The second-order valence-corrected chi connectivity index (χ2v) is 13.8. The summed E-state index contributed by atoms with van der Waals surface area (Å²) in [4.78, 5) is 15.2. The van der Waals surface area contributed by atoms with Crippen molar-refractivity contribution in [1.82, 2.24) is 15.0 Å². The Hall–Kier alpha value is -5.96. The third-order valence-electron chi connectivity index (χ3n) is 9.61. The third kappa shape index (κ3) is 4.38. The molecule has 0 bridgehead atoms. The van der Waals surface area contributed by atoms with E-state index in [4.69, 9.17) is 15.0 Å². The van der Waals surface area contributed by atoms with Crippen LogP contribution in [0.3, 0.4) is 0 Å². The van der Waals surface area contributed by atoms with Crippen molar-refractivity contribution in [3.63, 3.8) is 0 Å². The molecule has 8 aromatic rings. The van der Waals surface area contributed by atoms with Gasteiger partial charge in [0.05, 0.1) is 11.6 Å². The molecule has 0 saturated carbocycles. The standard InChI is InChI=1S/C43H28N4S/c1-43(2)34-13-5-3-9-31(34)38-33(12-7-14-35(38)43)42-46-40(28-19-17-26(25-44)18-20-28)45-41(47-42)29-23-21-27(22-24-29)30-11-8-16-37-39(30)32-10-4-6-15-36(32)48-37/h3-24H,1-2H3. The highest BCUT2D eigenvalue weighted by molar-refractivity contribution is 7.25. The van der Waals surface area contributed by atoms with Gasteiger partial charge in [-0.25, -0.2) is 15.0 Å². The first-order valence-corrected chi connectivity index (χ1v) is 16.8. The van der Waals surface area contributed by atoms with Gasteiger partial charge < -0.3 is 0 Å². The lowest BCUT2D eigenvalue weighted by Crippen LogP contribution is -2.14. The Kier molecular flexibility index (Phi) is 6.36. The molecule has 2 aromatic heterocycles. The first kappa shape index (κ1) is 28.3. The first-order chi connectivity index (χ1) is 23.5. The lowest BCUT2D eigenvalue weighted by Gasteiger charge is -2.21. The molecular weight excluding hydrogens is 605 g/mol. The van der Waals surface area contributed by atoms with E-state index in [1.165, 1.54) is 48.0 Å². The smallest absolute Gasteiger partial charge is 0.164 e. The van der Waals surface area contributed by atoms with Crippen molar-refractivity contribution in [2.45, 2.75) is 19.3 Å².